The smallest absolute Gasteiger partial charge is 0.260 e. The van der Waals surface area contributed by atoms with E-state index in [9.17, 15) is 4.79 Å². The second-order valence-corrected chi connectivity index (χ2v) is 6.72. The van der Waals surface area contributed by atoms with Crippen molar-refractivity contribution in [2.45, 2.75) is 40.0 Å². The molecule has 1 aliphatic rings. The van der Waals surface area contributed by atoms with E-state index in [1.165, 1.54) is 6.42 Å². The zero-order chi connectivity index (χ0) is 19.9. The van der Waals surface area contributed by atoms with E-state index in [2.05, 4.69) is 15.3 Å². The van der Waals surface area contributed by atoms with Crippen molar-refractivity contribution in [2.75, 3.05) is 26.3 Å². The number of nitrogens with zero attached hydrogens (tertiary/aromatic N) is 5. The number of carbonyl (C=O) groups excluding carboxylic acids is 1. The first kappa shape index (κ1) is 19.9. The average molecular weight is 385 g/mol. The number of ether oxygens (including phenoxy) is 2. The summed E-state index contributed by atoms with van der Waals surface area (Å²) >= 11 is 0. The minimum atomic E-state index is 0.0198. The van der Waals surface area contributed by atoms with E-state index in [-0.39, 0.29) is 12.5 Å². The summed E-state index contributed by atoms with van der Waals surface area (Å²) < 4.78 is 13.1. The number of benzene rings is 1. The third-order valence-electron chi connectivity index (χ3n) is 4.60. The molecule has 3 rings (SSSR count). The molecular weight excluding hydrogens is 358 g/mol. The number of amides is 1. The average Bonchev–Trinajstić information content (AvgIpc) is 3.04. The van der Waals surface area contributed by atoms with Crippen LogP contribution in [0.1, 0.15) is 43.4 Å². The first-order chi connectivity index (χ1) is 13.6. The summed E-state index contributed by atoms with van der Waals surface area (Å²) in [6.45, 7) is 7.76. The van der Waals surface area contributed by atoms with Crippen molar-refractivity contribution < 1.29 is 14.3 Å². The van der Waals surface area contributed by atoms with Crippen molar-refractivity contribution in [1.29, 1.82) is 0 Å². The van der Waals surface area contributed by atoms with Gasteiger partial charge in [-0.05, 0) is 63.8 Å². The predicted molar refractivity (Wildman–Crippen MR) is 106 cm³/mol. The Labute approximate surface area is 165 Å². The Morgan fingerprint density at radius 1 is 1.11 bits per heavy atom. The molecule has 1 fully saturated rings. The lowest BCUT2D eigenvalue weighted by Gasteiger charge is -2.26. The fraction of sp³-hybridized carbons (Fsp3) is 0.500. The van der Waals surface area contributed by atoms with Gasteiger partial charge in [-0.3, -0.25) is 4.79 Å². The Hall–Kier alpha value is -2.90. The molecule has 0 unspecified atom stereocenters. The topological polar surface area (TPSA) is 81.8 Å². The summed E-state index contributed by atoms with van der Waals surface area (Å²) in [6, 6.07) is 5.53. The van der Waals surface area contributed by atoms with E-state index < -0.39 is 0 Å². The van der Waals surface area contributed by atoms with Gasteiger partial charge in [0.05, 0.1) is 12.8 Å². The van der Waals surface area contributed by atoms with Crippen molar-refractivity contribution >= 4 is 12.1 Å². The summed E-state index contributed by atoms with van der Waals surface area (Å²) in [6.07, 6.45) is 5.04. The predicted octanol–water partition coefficient (Wildman–Crippen LogP) is 2.57. The molecule has 150 valence electrons. The van der Waals surface area contributed by atoms with Crippen LogP contribution in [0.2, 0.25) is 0 Å². The Bertz CT molecular complexity index is 821. The van der Waals surface area contributed by atoms with Crippen LogP contribution < -0.4 is 9.47 Å². The van der Waals surface area contributed by atoms with E-state index >= 15 is 0 Å². The van der Waals surface area contributed by atoms with Crippen molar-refractivity contribution in [1.82, 2.24) is 19.8 Å². The highest BCUT2D eigenvalue weighted by Crippen LogP contribution is 2.28. The number of aromatic nitrogens is 3. The Kier molecular flexibility index (Phi) is 6.62. The van der Waals surface area contributed by atoms with Gasteiger partial charge in [0.1, 0.15) is 0 Å². The van der Waals surface area contributed by atoms with E-state index in [1.54, 1.807) is 10.9 Å². The molecule has 0 aliphatic carbocycles. The summed E-state index contributed by atoms with van der Waals surface area (Å²) in [4.78, 5) is 14.2. The molecule has 1 aromatic heterocycles. The number of likely N-dealkylation sites (tertiary alicyclic amines) is 1. The van der Waals surface area contributed by atoms with Gasteiger partial charge in [0, 0.05) is 13.1 Å². The lowest BCUT2D eigenvalue weighted by Crippen LogP contribution is -2.38. The summed E-state index contributed by atoms with van der Waals surface area (Å²) in [7, 11) is 0. The number of hydrogen-bond acceptors (Lipinski definition) is 6. The number of carbonyl (C=O) groups is 1. The fourth-order valence-corrected chi connectivity index (χ4v) is 3.12. The minimum Gasteiger partial charge on any atom is -0.490 e. The van der Waals surface area contributed by atoms with Crippen LogP contribution in [-0.2, 0) is 4.79 Å². The fourth-order valence-electron chi connectivity index (χ4n) is 3.12. The highest BCUT2D eigenvalue weighted by atomic mass is 16.5. The van der Waals surface area contributed by atoms with E-state index in [4.69, 9.17) is 9.47 Å². The summed E-state index contributed by atoms with van der Waals surface area (Å²) in [5, 5.41) is 12.4. The molecule has 0 saturated carbocycles. The van der Waals surface area contributed by atoms with Gasteiger partial charge in [-0.2, -0.15) is 5.10 Å². The normalized spacial score (nSPS) is 14.5. The standard InChI is InChI=1S/C20H27N5O3/c1-4-27-19-12-17(13-21-25-15(2)22-23-16(25)3)8-9-18(19)28-14-20(26)24-10-6-5-7-11-24/h8-9,12-13H,4-7,10-11,14H2,1-3H3/b21-13-. The van der Waals surface area contributed by atoms with Gasteiger partial charge in [-0.15, -0.1) is 10.2 Å². The Morgan fingerprint density at radius 2 is 1.82 bits per heavy atom. The number of hydrogen-bond donors (Lipinski definition) is 0. The second-order valence-electron chi connectivity index (χ2n) is 6.72. The lowest BCUT2D eigenvalue weighted by molar-refractivity contribution is -0.134. The summed E-state index contributed by atoms with van der Waals surface area (Å²) in [5.41, 5.74) is 0.852. The molecule has 1 saturated heterocycles. The molecule has 0 radical (unpaired) electrons. The number of rotatable bonds is 7. The third kappa shape index (κ3) is 4.88. The Balaban J connectivity index is 1.69. The first-order valence-corrected chi connectivity index (χ1v) is 9.69. The molecule has 1 aromatic carbocycles. The van der Waals surface area contributed by atoms with Crippen LogP contribution in [0.3, 0.4) is 0 Å². The van der Waals surface area contributed by atoms with Gasteiger partial charge in [-0.25, -0.2) is 4.68 Å². The first-order valence-electron chi connectivity index (χ1n) is 9.69. The van der Waals surface area contributed by atoms with Gasteiger partial charge in [0.2, 0.25) is 0 Å². The molecule has 2 aromatic rings. The molecule has 0 N–H and O–H groups in total. The SMILES string of the molecule is CCOc1cc(/C=N\n2c(C)nnc2C)ccc1OCC(=O)N1CCCCC1. The van der Waals surface area contributed by atoms with E-state index in [1.807, 2.05) is 43.9 Å². The van der Waals surface area contributed by atoms with Crippen molar-refractivity contribution in [3.8, 4) is 11.5 Å². The van der Waals surface area contributed by atoms with Crippen molar-refractivity contribution in [2.24, 2.45) is 5.10 Å². The van der Waals surface area contributed by atoms with Crippen molar-refractivity contribution in [3.63, 3.8) is 0 Å². The molecule has 8 nitrogen and oxygen atoms in total. The van der Waals surface area contributed by atoms with E-state index in [0.29, 0.717) is 18.1 Å². The van der Waals surface area contributed by atoms with Gasteiger partial charge in [-0.1, -0.05) is 0 Å². The highest BCUT2D eigenvalue weighted by molar-refractivity contribution is 5.81. The van der Waals surface area contributed by atoms with Crippen LogP contribution in [0.25, 0.3) is 0 Å². The van der Waals surface area contributed by atoms with Gasteiger partial charge in [0.15, 0.2) is 29.8 Å². The van der Waals surface area contributed by atoms with Gasteiger partial charge < -0.3 is 14.4 Å². The zero-order valence-electron chi connectivity index (χ0n) is 16.7. The molecule has 0 spiro atoms. The van der Waals surface area contributed by atoms with Crippen LogP contribution in [0.15, 0.2) is 23.3 Å². The maximum absolute atomic E-state index is 12.3. The molecule has 0 atom stereocenters. The van der Waals surface area contributed by atoms with Crippen molar-refractivity contribution in [3.05, 3.63) is 35.4 Å². The minimum absolute atomic E-state index is 0.0198. The van der Waals surface area contributed by atoms with Crippen LogP contribution in [0.4, 0.5) is 0 Å². The zero-order valence-corrected chi connectivity index (χ0v) is 16.7. The van der Waals surface area contributed by atoms with Crippen LogP contribution in [0.5, 0.6) is 11.5 Å². The monoisotopic (exact) mass is 385 g/mol. The lowest BCUT2D eigenvalue weighted by atomic mass is 10.1. The summed E-state index contributed by atoms with van der Waals surface area (Å²) in [5.74, 6) is 2.60. The third-order valence-corrected chi connectivity index (χ3v) is 4.60. The van der Waals surface area contributed by atoms with Crippen LogP contribution in [0, 0.1) is 13.8 Å². The maximum Gasteiger partial charge on any atom is 0.260 e. The molecule has 2 heterocycles. The number of aryl methyl sites for hydroxylation is 2. The molecule has 1 aliphatic heterocycles. The van der Waals surface area contributed by atoms with E-state index in [0.717, 1.165) is 43.1 Å². The Morgan fingerprint density at radius 3 is 2.50 bits per heavy atom. The molecule has 1 amide bonds. The quantitative estimate of drug-likeness (QED) is 0.684. The molecule has 28 heavy (non-hydrogen) atoms. The maximum atomic E-state index is 12.3. The second kappa shape index (κ2) is 9.34. The molecular formula is C20H27N5O3. The highest BCUT2D eigenvalue weighted by Gasteiger charge is 2.17. The largest absolute Gasteiger partial charge is 0.490 e. The van der Waals surface area contributed by atoms with Crippen LogP contribution in [-0.4, -0.2) is 58.2 Å². The molecule has 8 heteroatoms. The number of piperidine rings is 1. The molecule has 0 bridgehead atoms. The van der Waals surface area contributed by atoms with Crippen LogP contribution >= 0.6 is 0 Å². The van der Waals surface area contributed by atoms with Gasteiger partial charge >= 0.3 is 0 Å². The van der Waals surface area contributed by atoms with Gasteiger partial charge in [0.25, 0.3) is 5.91 Å².